The van der Waals surface area contributed by atoms with Crippen molar-refractivity contribution in [1.82, 2.24) is 9.55 Å². The van der Waals surface area contributed by atoms with Gasteiger partial charge < -0.3 is 29.7 Å². The van der Waals surface area contributed by atoms with Gasteiger partial charge in [-0.05, 0) is 18.6 Å². The quantitative estimate of drug-likeness (QED) is 0.548. The third kappa shape index (κ3) is 3.44. The first kappa shape index (κ1) is 18.7. The van der Waals surface area contributed by atoms with E-state index >= 15 is 0 Å². The van der Waals surface area contributed by atoms with Gasteiger partial charge in [0.2, 0.25) is 0 Å². The Bertz CT molecular complexity index is 915. The van der Waals surface area contributed by atoms with Crippen LogP contribution in [0.3, 0.4) is 0 Å². The zero-order valence-corrected chi connectivity index (χ0v) is 15.5. The largest absolute Gasteiger partial charge is 0.491 e. The van der Waals surface area contributed by atoms with Gasteiger partial charge in [0.25, 0.3) is 0 Å². The van der Waals surface area contributed by atoms with E-state index in [-0.39, 0.29) is 18.8 Å². The van der Waals surface area contributed by atoms with Gasteiger partial charge in [0.15, 0.2) is 17.3 Å². The summed E-state index contributed by atoms with van der Waals surface area (Å²) in [5, 5.41) is 22.3. The van der Waals surface area contributed by atoms with Crippen molar-refractivity contribution in [3.63, 3.8) is 0 Å². The standard InChI is InChI=1S/C19H23N3O6/c1-2-3-7-26-12-5-4-6-13-17(12)20-18-14(27-13)9-22(19(25)21-18)16-8-11(24)15(10-23)28-16/h4-6,9,11,15-16,23-24H,2-3,7-8,10H2,1H3,(H,20,21,25)/t11?,15-,16-/m1/s1. The first-order valence-corrected chi connectivity index (χ1v) is 9.39. The Morgan fingerprint density at radius 2 is 2.25 bits per heavy atom. The molecule has 3 heterocycles. The smallest absolute Gasteiger partial charge is 0.351 e. The third-order valence-corrected chi connectivity index (χ3v) is 4.82. The van der Waals surface area contributed by atoms with Crippen molar-refractivity contribution in [3.05, 3.63) is 34.9 Å². The molecule has 4 rings (SSSR count). The van der Waals surface area contributed by atoms with Crippen molar-refractivity contribution >= 4 is 11.5 Å². The van der Waals surface area contributed by atoms with E-state index in [1.165, 1.54) is 10.8 Å². The number of hydrogen-bond acceptors (Lipinski definition) is 8. The molecule has 1 fully saturated rings. The summed E-state index contributed by atoms with van der Waals surface area (Å²) >= 11 is 0. The minimum atomic E-state index is -0.847. The average Bonchev–Trinajstić information content (AvgIpc) is 3.07. The Kier molecular flexibility index (Phi) is 5.21. The second kappa shape index (κ2) is 7.78. The maximum atomic E-state index is 12.5. The van der Waals surface area contributed by atoms with Crippen LogP contribution < -0.4 is 20.5 Å². The molecule has 3 N–H and O–H groups in total. The molecule has 0 amide bonds. The highest BCUT2D eigenvalue weighted by atomic mass is 16.5. The summed E-state index contributed by atoms with van der Waals surface area (Å²) in [7, 11) is 0. The van der Waals surface area contributed by atoms with E-state index in [2.05, 4.69) is 17.2 Å². The van der Waals surface area contributed by atoms with Crippen LogP contribution in [-0.2, 0) is 4.74 Å². The topological polar surface area (TPSA) is 115 Å². The van der Waals surface area contributed by atoms with Gasteiger partial charge in [-0.25, -0.2) is 4.79 Å². The van der Waals surface area contributed by atoms with Gasteiger partial charge in [-0.2, -0.15) is 4.98 Å². The summed E-state index contributed by atoms with van der Waals surface area (Å²) in [4.78, 5) is 16.6. The van der Waals surface area contributed by atoms with E-state index in [9.17, 15) is 15.0 Å². The number of aromatic nitrogens is 2. The van der Waals surface area contributed by atoms with E-state index in [4.69, 9.17) is 14.2 Å². The number of nitrogens with one attached hydrogen (secondary N) is 1. The Hall–Kier alpha value is -2.62. The van der Waals surface area contributed by atoms with Gasteiger partial charge >= 0.3 is 5.69 Å². The van der Waals surface area contributed by atoms with Crippen molar-refractivity contribution in [2.24, 2.45) is 0 Å². The molecule has 0 saturated carbocycles. The fourth-order valence-corrected chi connectivity index (χ4v) is 3.27. The van der Waals surface area contributed by atoms with Gasteiger partial charge in [0.05, 0.1) is 25.5 Å². The number of rotatable bonds is 6. The number of para-hydroxylation sites is 1. The molecule has 0 aliphatic carbocycles. The molecule has 1 saturated heterocycles. The van der Waals surface area contributed by atoms with E-state index in [0.717, 1.165) is 12.8 Å². The molecule has 0 bridgehead atoms. The van der Waals surface area contributed by atoms with Gasteiger partial charge in [-0.15, -0.1) is 0 Å². The summed E-state index contributed by atoms with van der Waals surface area (Å²) in [6, 6.07) is 5.46. The van der Waals surface area contributed by atoms with Crippen LogP contribution in [0.5, 0.6) is 17.2 Å². The number of aliphatic hydroxyl groups excluding tert-OH is 2. The Morgan fingerprint density at radius 3 is 3.00 bits per heavy atom. The number of benzene rings is 1. The normalized spacial score (nSPS) is 22.8. The molecule has 0 radical (unpaired) electrons. The highest BCUT2D eigenvalue weighted by Crippen LogP contribution is 2.45. The van der Waals surface area contributed by atoms with Gasteiger partial charge in [-0.1, -0.05) is 19.4 Å². The van der Waals surface area contributed by atoms with Crippen molar-refractivity contribution in [2.75, 3.05) is 18.5 Å². The summed E-state index contributed by atoms with van der Waals surface area (Å²) in [6.07, 6.45) is 1.36. The highest BCUT2D eigenvalue weighted by molar-refractivity contribution is 5.77. The molecule has 150 valence electrons. The zero-order chi connectivity index (χ0) is 19.7. The molecule has 28 heavy (non-hydrogen) atoms. The average molecular weight is 389 g/mol. The number of hydrogen-bond donors (Lipinski definition) is 3. The van der Waals surface area contributed by atoms with Crippen LogP contribution in [0.4, 0.5) is 11.5 Å². The first-order valence-electron chi connectivity index (χ1n) is 9.39. The molecule has 3 atom stereocenters. The van der Waals surface area contributed by atoms with Gasteiger partial charge in [0.1, 0.15) is 23.8 Å². The van der Waals surface area contributed by atoms with Crippen molar-refractivity contribution in [3.8, 4) is 17.2 Å². The Balaban J connectivity index is 1.60. The van der Waals surface area contributed by atoms with E-state index in [1.54, 1.807) is 6.07 Å². The van der Waals surface area contributed by atoms with Crippen LogP contribution in [0.25, 0.3) is 0 Å². The summed E-state index contributed by atoms with van der Waals surface area (Å²) in [5.41, 5.74) is 0.0853. The minimum absolute atomic E-state index is 0.186. The molecule has 1 aromatic heterocycles. The monoisotopic (exact) mass is 389 g/mol. The zero-order valence-electron chi connectivity index (χ0n) is 15.5. The van der Waals surface area contributed by atoms with Gasteiger partial charge in [0, 0.05) is 6.42 Å². The van der Waals surface area contributed by atoms with Crippen molar-refractivity contribution in [1.29, 1.82) is 0 Å². The van der Waals surface area contributed by atoms with Gasteiger partial charge in [-0.3, -0.25) is 4.57 Å². The third-order valence-electron chi connectivity index (χ3n) is 4.82. The number of fused-ring (bicyclic) bond motifs is 2. The van der Waals surface area contributed by atoms with Crippen LogP contribution in [0, 0.1) is 0 Å². The van der Waals surface area contributed by atoms with E-state index in [1.807, 2.05) is 12.1 Å². The van der Waals surface area contributed by atoms with Crippen LogP contribution in [0.1, 0.15) is 32.4 Å². The SMILES string of the molecule is CCCCOc1cccc2c1Nc1nc(=O)n([C@H]3CC(O)[C@@H](CO)O3)cc1O2. The minimum Gasteiger partial charge on any atom is -0.491 e. The number of ether oxygens (including phenoxy) is 3. The molecular weight excluding hydrogens is 366 g/mol. The van der Waals surface area contributed by atoms with Crippen LogP contribution in [-0.4, -0.2) is 45.2 Å². The fourth-order valence-electron chi connectivity index (χ4n) is 3.27. The maximum absolute atomic E-state index is 12.5. The molecule has 2 aliphatic rings. The predicted molar refractivity (Wildman–Crippen MR) is 100 cm³/mol. The number of aliphatic hydroxyl groups is 2. The maximum Gasteiger partial charge on any atom is 0.351 e. The molecule has 2 aromatic rings. The number of unbranched alkanes of at least 4 members (excludes halogenated alkanes) is 1. The first-order chi connectivity index (χ1) is 13.6. The van der Waals surface area contributed by atoms with E-state index < -0.39 is 24.1 Å². The Morgan fingerprint density at radius 1 is 1.39 bits per heavy atom. The Labute approximate surface area is 161 Å². The summed E-state index contributed by atoms with van der Waals surface area (Å²) in [5.74, 6) is 1.85. The molecule has 1 aromatic carbocycles. The van der Waals surface area contributed by atoms with Crippen LogP contribution >= 0.6 is 0 Å². The molecule has 1 unspecified atom stereocenters. The lowest BCUT2D eigenvalue weighted by Crippen LogP contribution is -2.29. The second-order valence-electron chi connectivity index (χ2n) is 6.82. The predicted octanol–water partition coefficient (Wildman–Crippen LogP) is 1.91. The van der Waals surface area contributed by atoms with E-state index in [0.29, 0.717) is 29.5 Å². The second-order valence-corrected chi connectivity index (χ2v) is 6.82. The summed E-state index contributed by atoms with van der Waals surface area (Å²) < 4.78 is 18.6. The van der Waals surface area contributed by atoms with Crippen molar-refractivity contribution < 1.29 is 24.4 Å². The lowest BCUT2D eigenvalue weighted by atomic mass is 10.2. The number of anilines is 2. The van der Waals surface area contributed by atoms with Crippen LogP contribution in [0.15, 0.2) is 29.2 Å². The lowest BCUT2D eigenvalue weighted by Gasteiger charge is -2.24. The van der Waals surface area contributed by atoms with Crippen molar-refractivity contribution in [2.45, 2.75) is 44.6 Å². The molecular formula is C19H23N3O6. The molecule has 9 heteroatoms. The molecule has 2 aliphatic heterocycles. The van der Waals surface area contributed by atoms with Crippen LogP contribution in [0.2, 0.25) is 0 Å². The summed E-state index contributed by atoms with van der Waals surface area (Å²) in [6.45, 7) is 2.35. The fraction of sp³-hybridized carbons (Fsp3) is 0.474. The molecule has 9 nitrogen and oxygen atoms in total. The molecule has 0 spiro atoms. The lowest BCUT2D eigenvalue weighted by molar-refractivity contribution is -0.0459. The highest BCUT2D eigenvalue weighted by Gasteiger charge is 2.36. The number of nitrogens with zero attached hydrogens (tertiary/aromatic N) is 2.